The molecule has 210 valence electrons. The van der Waals surface area contributed by atoms with Crippen LogP contribution in [-0.4, -0.2) is 73.9 Å². The Morgan fingerprint density at radius 2 is 1.68 bits per heavy atom. The summed E-state index contributed by atoms with van der Waals surface area (Å²) >= 11 is 0. The van der Waals surface area contributed by atoms with Crippen LogP contribution < -0.4 is 14.8 Å². The number of nitrogens with zero attached hydrogens (tertiary/aromatic N) is 2. The van der Waals surface area contributed by atoms with E-state index in [1.54, 1.807) is 31.2 Å². The second-order valence-corrected chi connectivity index (χ2v) is 11.9. The van der Waals surface area contributed by atoms with Gasteiger partial charge in [-0.15, -0.1) is 0 Å². The summed E-state index contributed by atoms with van der Waals surface area (Å²) in [6, 6.07) is 14.9. The van der Waals surface area contributed by atoms with Crippen LogP contribution in [0.2, 0.25) is 0 Å². The molecule has 0 bridgehead atoms. The molecule has 2 aromatic rings. The Bertz CT molecular complexity index is 1100. The highest BCUT2D eigenvalue weighted by atomic mass is 32.2. The summed E-state index contributed by atoms with van der Waals surface area (Å²) in [5.41, 5.74) is 1.68. The fraction of sp³-hybridized carbons (Fsp3) is 0.536. The number of ether oxygens (including phenoxy) is 1. The number of nitrogens with one attached hydrogen (secondary N) is 2. The number of urea groups is 1. The van der Waals surface area contributed by atoms with Crippen molar-refractivity contribution in [3.63, 3.8) is 0 Å². The van der Waals surface area contributed by atoms with Crippen LogP contribution in [0.5, 0.6) is 11.5 Å². The van der Waals surface area contributed by atoms with Crippen LogP contribution in [0.15, 0.2) is 48.5 Å². The molecule has 1 heterocycles. The summed E-state index contributed by atoms with van der Waals surface area (Å²) in [4.78, 5) is 17.1. The van der Waals surface area contributed by atoms with Gasteiger partial charge in [-0.3, -0.25) is 9.62 Å². The van der Waals surface area contributed by atoms with E-state index >= 15 is 0 Å². The molecule has 0 aliphatic carbocycles. The predicted octanol–water partition coefficient (Wildman–Crippen LogP) is 4.40. The third kappa shape index (κ3) is 10.5. The van der Waals surface area contributed by atoms with Gasteiger partial charge in [0.2, 0.25) is 10.0 Å². The largest absolute Gasteiger partial charge is 0.457 e. The number of aliphatic hydroxyl groups is 1. The summed E-state index contributed by atoms with van der Waals surface area (Å²) in [5, 5.41) is 12.8. The monoisotopic (exact) mass is 546 g/mol. The maximum absolute atomic E-state index is 12.8. The molecule has 1 atom stereocenters. The van der Waals surface area contributed by atoms with E-state index in [0.717, 1.165) is 58.1 Å². The van der Waals surface area contributed by atoms with Crippen molar-refractivity contribution in [2.24, 2.45) is 0 Å². The van der Waals surface area contributed by atoms with Gasteiger partial charge >= 0.3 is 6.03 Å². The molecule has 3 rings (SSSR count). The predicted molar refractivity (Wildman–Crippen MR) is 151 cm³/mol. The fourth-order valence-electron chi connectivity index (χ4n) is 4.37. The van der Waals surface area contributed by atoms with Crippen molar-refractivity contribution in [1.82, 2.24) is 15.1 Å². The smallest absolute Gasteiger partial charge is 0.317 e. The highest BCUT2D eigenvalue weighted by Crippen LogP contribution is 2.24. The quantitative estimate of drug-likeness (QED) is 0.344. The lowest BCUT2D eigenvalue weighted by molar-refractivity contribution is 0.147. The number of sulfonamides is 1. The van der Waals surface area contributed by atoms with Gasteiger partial charge in [-0.1, -0.05) is 25.5 Å². The number of aliphatic hydroxyl groups excluding tert-OH is 1. The molecule has 9 nitrogen and oxygen atoms in total. The number of amides is 2. The van der Waals surface area contributed by atoms with Crippen LogP contribution >= 0.6 is 0 Å². The highest BCUT2D eigenvalue weighted by Gasteiger charge is 2.23. The summed E-state index contributed by atoms with van der Waals surface area (Å²) in [6.45, 7) is 7.84. The average molecular weight is 547 g/mol. The first-order valence-corrected chi connectivity index (χ1v) is 15.3. The Labute approximate surface area is 227 Å². The van der Waals surface area contributed by atoms with Crippen molar-refractivity contribution >= 4 is 21.7 Å². The lowest BCUT2D eigenvalue weighted by Crippen LogP contribution is -2.49. The van der Waals surface area contributed by atoms with Crippen LogP contribution in [0.4, 0.5) is 10.5 Å². The third-order valence-corrected chi connectivity index (χ3v) is 7.13. The van der Waals surface area contributed by atoms with Crippen molar-refractivity contribution in [1.29, 1.82) is 0 Å². The summed E-state index contributed by atoms with van der Waals surface area (Å²) in [6.07, 6.45) is 5.11. The molecule has 2 amide bonds. The van der Waals surface area contributed by atoms with E-state index in [1.165, 1.54) is 5.56 Å². The number of rotatable bonds is 13. The molecule has 1 fully saturated rings. The Morgan fingerprint density at radius 1 is 1.08 bits per heavy atom. The zero-order valence-corrected chi connectivity index (χ0v) is 23.5. The van der Waals surface area contributed by atoms with Gasteiger partial charge in [-0.25, -0.2) is 13.2 Å². The van der Waals surface area contributed by atoms with Gasteiger partial charge in [0.15, 0.2) is 0 Å². The van der Waals surface area contributed by atoms with Gasteiger partial charge < -0.3 is 20.1 Å². The molecule has 1 unspecified atom stereocenters. The van der Waals surface area contributed by atoms with Crippen molar-refractivity contribution in [3.8, 4) is 11.5 Å². The summed E-state index contributed by atoms with van der Waals surface area (Å²) < 4.78 is 31.0. The zero-order chi connectivity index (χ0) is 27.5. The van der Waals surface area contributed by atoms with Crippen LogP contribution in [0.1, 0.15) is 51.5 Å². The second-order valence-electron chi connectivity index (χ2n) is 10.1. The molecule has 1 aliphatic rings. The van der Waals surface area contributed by atoms with Crippen LogP contribution in [0.25, 0.3) is 0 Å². The number of piperidine rings is 1. The highest BCUT2D eigenvalue weighted by molar-refractivity contribution is 7.92. The first-order chi connectivity index (χ1) is 18.1. The minimum absolute atomic E-state index is 0.0190. The molecular weight excluding hydrogens is 504 g/mol. The molecule has 0 spiro atoms. The van der Waals surface area contributed by atoms with E-state index in [0.29, 0.717) is 30.2 Å². The molecule has 0 aromatic heterocycles. The van der Waals surface area contributed by atoms with Crippen LogP contribution in [0.3, 0.4) is 0 Å². The third-order valence-electron chi connectivity index (χ3n) is 6.52. The van der Waals surface area contributed by atoms with Gasteiger partial charge in [0.05, 0.1) is 12.4 Å². The maximum atomic E-state index is 12.8. The molecule has 1 aliphatic heterocycles. The Hall–Kier alpha value is -2.82. The molecular formula is C28H42N4O5S. The summed E-state index contributed by atoms with van der Waals surface area (Å²) in [7, 11) is -3.31. The first-order valence-electron chi connectivity index (χ1n) is 13.4. The average Bonchev–Trinajstić information content (AvgIpc) is 2.86. The van der Waals surface area contributed by atoms with E-state index < -0.39 is 16.1 Å². The Morgan fingerprint density at radius 3 is 2.24 bits per heavy atom. The van der Waals surface area contributed by atoms with Gasteiger partial charge in [0.25, 0.3) is 0 Å². The standard InChI is InChI=1S/C28H42N4O5S/c1-4-5-17-32(20-14-22(2)33)28(34)29-24-15-18-31(19-16-24)21-23-6-10-26(11-7-23)37-27-12-8-25(9-13-27)30-38(3,35)36/h6-13,22,24,30,33H,4-5,14-21H2,1-3H3,(H,29,34). The lowest BCUT2D eigenvalue weighted by Gasteiger charge is -2.34. The molecule has 38 heavy (non-hydrogen) atoms. The molecule has 0 saturated carbocycles. The molecule has 2 aromatic carbocycles. The maximum Gasteiger partial charge on any atom is 0.317 e. The molecule has 0 radical (unpaired) electrons. The topological polar surface area (TPSA) is 111 Å². The first kappa shape index (κ1) is 29.7. The van der Waals surface area contributed by atoms with Crippen molar-refractivity contribution in [2.75, 3.05) is 37.2 Å². The number of benzene rings is 2. The van der Waals surface area contributed by atoms with Gasteiger partial charge in [0, 0.05) is 44.5 Å². The molecule has 1 saturated heterocycles. The van der Waals surface area contributed by atoms with E-state index in [4.69, 9.17) is 4.74 Å². The van der Waals surface area contributed by atoms with E-state index in [2.05, 4.69) is 34.0 Å². The number of likely N-dealkylation sites (tertiary alicyclic amines) is 1. The van der Waals surface area contributed by atoms with Crippen molar-refractivity contribution < 1.29 is 23.1 Å². The number of carbonyl (C=O) groups excluding carboxylic acids is 1. The van der Waals surface area contributed by atoms with Crippen molar-refractivity contribution in [2.45, 2.75) is 64.6 Å². The minimum Gasteiger partial charge on any atom is -0.457 e. The van der Waals surface area contributed by atoms with Gasteiger partial charge in [0.1, 0.15) is 11.5 Å². The number of unbranched alkanes of at least 4 members (excludes halogenated alkanes) is 1. The number of hydrogen-bond donors (Lipinski definition) is 3. The van der Waals surface area contributed by atoms with Gasteiger partial charge in [-0.2, -0.15) is 0 Å². The van der Waals surface area contributed by atoms with Crippen LogP contribution in [-0.2, 0) is 16.6 Å². The summed E-state index contributed by atoms with van der Waals surface area (Å²) in [5.74, 6) is 1.34. The molecule has 3 N–H and O–H groups in total. The Kier molecular flexibility index (Phi) is 11.2. The van der Waals surface area contributed by atoms with E-state index in [-0.39, 0.29) is 12.1 Å². The normalized spacial score (nSPS) is 15.6. The van der Waals surface area contributed by atoms with E-state index in [1.807, 2.05) is 17.0 Å². The Balaban J connectivity index is 1.43. The number of hydrogen-bond acceptors (Lipinski definition) is 6. The van der Waals surface area contributed by atoms with Crippen LogP contribution in [0, 0.1) is 0 Å². The number of carbonyl (C=O) groups is 1. The van der Waals surface area contributed by atoms with Crippen molar-refractivity contribution in [3.05, 3.63) is 54.1 Å². The lowest BCUT2D eigenvalue weighted by atomic mass is 10.0. The minimum atomic E-state index is -3.31. The van der Waals surface area contributed by atoms with E-state index in [9.17, 15) is 18.3 Å². The second kappa shape index (κ2) is 14.4. The fourth-order valence-corrected chi connectivity index (χ4v) is 4.93. The SMILES string of the molecule is CCCCN(CCC(C)O)C(=O)NC1CCN(Cc2ccc(Oc3ccc(NS(C)(=O)=O)cc3)cc2)CC1. The number of anilines is 1. The zero-order valence-electron chi connectivity index (χ0n) is 22.7. The van der Waals surface area contributed by atoms with Gasteiger partial charge in [-0.05, 0) is 74.6 Å². The molecule has 10 heteroatoms.